The van der Waals surface area contributed by atoms with Crippen molar-refractivity contribution in [3.8, 4) is 0 Å². The molecule has 1 aliphatic carbocycles. The highest BCUT2D eigenvalue weighted by Crippen LogP contribution is 2.24. The van der Waals surface area contributed by atoms with Gasteiger partial charge < -0.3 is 0 Å². The first-order valence-corrected chi connectivity index (χ1v) is 6.52. The molecule has 76 valence electrons. The van der Waals surface area contributed by atoms with Crippen LogP contribution in [0.4, 0.5) is 0 Å². The average Bonchev–Trinajstić information content (AvgIpc) is 2.56. The van der Waals surface area contributed by atoms with Crippen LogP contribution in [0.5, 0.6) is 0 Å². The Hall–Kier alpha value is -0.270. The first-order valence-electron chi connectivity index (χ1n) is 5.20. The molecule has 0 saturated carbocycles. The smallest absolute Gasteiger partial charge is 0.0518 e. The van der Waals surface area contributed by atoms with Crippen molar-refractivity contribution in [2.45, 2.75) is 37.5 Å². The van der Waals surface area contributed by atoms with E-state index in [1.54, 1.807) is 0 Å². The molecule has 0 aliphatic heterocycles. The van der Waals surface area contributed by atoms with Crippen molar-refractivity contribution in [2.75, 3.05) is 0 Å². The summed E-state index contributed by atoms with van der Waals surface area (Å²) in [4.78, 5) is 1.46. The van der Waals surface area contributed by atoms with E-state index < -0.39 is 0 Å². The van der Waals surface area contributed by atoms with Crippen molar-refractivity contribution in [3.63, 3.8) is 0 Å². The predicted molar refractivity (Wildman–Crippen MR) is 64.2 cm³/mol. The van der Waals surface area contributed by atoms with Crippen LogP contribution < -0.4 is 0 Å². The normalized spacial score (nSPS) is 22.9. The molecule has 2 heteroatoms. The zero-order valence-corrected chi connectivity index (χ0v) is 9.78. The van der Waals surface area contributed by atoms with Gasteiger partial charge >= 0.3 is 0 Å². The lowest BCUT2D eigenvalue weighted by atomic mass is 10.1. The minimum atomic E-state index is 0.271. The summed E-state index contributed by atoms with van der Waals surface area (Å²) < 4.78 is 0. The Kier molecular flexibility index (Phi) is 3.66. The second-order valence-corrected chi connectivity index (χ2v) is 5.44. The van der Waals surface area contributed by atoms with E-state index in [2.05, 4.69) is 23.6 Å². The molecule has 1 unspecified atom stereocenters. The van der Waals surface area contributed by atoms with Crippen LogP contribution in [0.3, 0.4) is 0 Å². The third-order valence-electron chi connectivity index (χ3n) is 2.63. The van der Waals surface area contributed by atoms with Crippen molar-refractivity contribution in [3.05, 3.63) is 34.0 Å². The maximum absolute atomic E-state index is 6.18. The molecule has 1 aromatic rings. The fourth-order valence-electron chi connectivity index (χ4n) is 1.90. The van der Waals surface area contributed by atoms with E-state index in [-0.39, 0.29) is 5.38 Å². The second-order valence-electron chi connectivity index (χ2n) is 3.84. The lowest BCUT2D eigenvalue weighted by molar-refractivity contribution is 0.710. The maximum Gasteiger partial charge on any atom is 0.0518 e. The summed E-state index contributed by atoms with van der Waals surface area (Å²) in [5, 5.41) is 2.41. The SMILES string of the molecule is ClC1C=C(Cc2cccs2)CCCC1. The molecule has 1 atom stereocenters. The number of hydrogen-bond acceptors (Lipinski definition) is 1. The van der Waals surface area contributed by atoms with E-state index in [9.17, 15) is 0 Å². The molecule has 14 heavy (non-hydrogen) atoms. The van der Waals surface area contributed by atoms with Crippen LogP contribution in [0.1, 0.15) is 30.6 Å². The summed E-state index contributed by atoms with van der Waals surface area (Å²) in [5.41, 5.74) is 1.53. The molecule has 0 radical (unpaired) electrons. The first kappa shape index (κ1) is 10.3. The van der Waals surface area contributed by atoms with Crippen molar-refractivity contribution in [2.24, 2.45) is 0 Å². The maximum atomic E-state index is 6.18. The largest absolute Gasteiger partial charge is 0.149 e. The van der Waals surface area contributed by atoms with Gasteiger partial charge in [0.25, 0.3) is 0 Å². The van der Waals surface area contributed by atoms with Gasteiger partial charge in [-0.2, -0.15) is 0 Å². The van der Waals surface area contributed by atoms with E-state index in [1.165, 1.54) is 29.7 Å². The molecule has 0 bridgehead atoms. The van der Waals surface area contributed by atoms with Gasteiger partial charge in [-0.05, 0) is 30.7 Å². The third kappa shape index (κ3) is 2.86. The van der Waals surface area contributed by atoms with Gasteiger partial charge in [0.1, 0.15) is 0 Å². The number of thiophene rings is 1. The summed E-state index contributed by atoms with van der Waals surface area (Å²) in [7, 11) is 0. The monoisotopic (exact) mass is 226 g/mol. The molecule has 1 heterocycles. The van der Waals surface area contributed by atoms with Gasteiger partial charge in [-0.25, -0.2) is 0 Å². The Bertz CT molecular complexity index is 300. The molecule has 0 fully saturated rings. The third-order valence-corrected chi connectivity index (χ3v) is 3.85. The van der Waals surface area contributed by atoms with Crippen LogP contribution in [-0.2, 0) is 6.42 Å². The lowest BCUT2D eigenvalue weighted by Gasteiger charge is -2.03. The first-order chi connectivity index (χ1) is 6.84. The summed E-state index contributed by atoms with van der Waals surface area (Å²) >= 11 is 8.02. The Balaban J connectivity index is 2.02. The minimum Gasteiger partial charge on any atom is -0.149 e. The van der Waals surface area contributed by atoms with E-state index in [4.69, 9.17) is 11.6 Å². The van der Waals surface area contributed by atoms with E-state index >= 15 is 0 Å². The Morgan fingerprint density at radius 3 is 3.14 bits per heavy atom. The fourth-order valence-corrected chi connectivity index (χ4v) is 2.99. The average molecular weight is 227 g/mol. The van der Waals surface area contributed by atoms with Crippen molar-refractivity contribution < 1.29 is 0 Å². The number of rotatable bonds is 2. The molecule has 0 N–H and O–H groups in total. The Morgan fingerprint density at radius 2 is 2.36 bits per heavy atom. The van der Waals surface area contributed by atoms with Gasteiger partial charge in [-0.1, -0.05) is 24.1 Å². The minimum absolute atomic E-state index is 0.271. The van der Waals surface area contributed by atoms with Gasteiger partial charge in [0.05, 0.1) is 5.38 Å². The summed E-state index contributed by atoms with van der Waals surface area (Å²) in [6.45, 7) is 0. The number of halogens is 1. The van der Waals surface area contributed by atoms with Crippen LogP contribution in [0.15, 0.2) is 29.2 Å². The summed E-state index contributed by atoms with van der Waals surface area (Å²) in [5.74, 6) is 0. The number of alkyl halides is 1. The van der Waals surface area contributed by atoms with Gasteiger partial charge in [0.15, 0.2) is 0 Å². The predicted octanol–water partition coefficient (Wildman–Crippen LogP) is 4.40. The highest BCUT2D eigenvalue weighted by atomic mass is 35.5. The zero-order chi connectivity index (χ0) is 9.80. The molecular formula is C12H15ClS. The quantitative estimate of drug-likeness (QED) is 0.518. The Morgan fingerprint density at radius 1 is 1.43 bits per heavy atom. The van der Waals surface area contributed by atoms with Crippen molar-refractivity contribution >= 4 is 22.9 Å². The Labute approximate surface area is 94.6 Å². The van der Waals surface area contributed by atoms with Crippen LogP contribution in [0, 0.1) is 0 Å². The molecular weight excluding hydrogens is 212 g/mol. The van der Waals surface area contributed by atoms with Crippen molar-refractivity contribution in [1.82, 2.24) is 0 Å². The van der Waals surface area contributed by atoms with E-state index in [0.717, 1.165) is 12.8 Å². The molecule has 0 saturated heterocycles. The van der Waals surface area contributed by atoms with Gasteiger partial charge in [0.2, 0.25) is 0 Å². The number of hydrogen-bond donors (Lipinski definition) is 0. The fraction of sp³-hybridized carbons (Fsp3) is 0.500. The zero-order valence-electron chi connectivity index (χ0n) is 8.21. The molecule has 0 aromatic carbocycles. The van der Waals surface area contributed by atoms with Gasteiger partial charge in [-0.3, -0.25) is 0 Å². The van der Waals surface area contributed by atoms with E-state index in [0.29, 0.717) is 0 Å². The van der Waals surface area contributed by atoms with E-state index in [1.807, 2.05) is 11.3 Å². The van der Waals surface area contributed by atoms with Gasteiger partial charge in [-0.15, -0.1) is 22.9 Å². The lowest BCUT2D eigenvalue weighted by Crippen LogP contribution is -1.93. The standard InChI is InChI=1S/C12H15ClS/c13-11-5-2-1-4-10(8-11)9-12-6-3-7-14-12/h3,6-8,11H,1-2,4-5,9H2. The molecule has 2 rings (SSSR count). The molecule has 0 nitrogen and oxygen atoms in total. The topological polar surface area (TPSA) is 0 Å². The van der Waals surface area contributed by atoms with Crippen LogP contribution >= 0.6 is 22.9 Å². The highest BCUT2D eigenvalue weighted by Gasteiger charge is 2.10. The second kappa shape index (κ2) is 4.99. The highest BCUT2D eigenvalue weighted by molar-refractivity contribution is 7.09. The molecule has 1 aliphatic rings. The van der Waals surface area contributed by atoms with Crippen LogP contribution in [0.2, 0.25) is 0 Å². The van der Waals surface area contributed by atoms with Crippen LogP contribution in [-0.4, -0.2) is 5.38 Å². The van der Waals surface area contributed by atoms with Crippen molar-refractivity contribution in [1.29, 1.82) is 0 Å². The molecule has 0 amide bonds. The molecule has 1 aromatic heterocycles. The molecule has 0 spiro atoms. The van der Waals surface area contributed by atoms with Gasteiger partial charge in [0, 0.05) is 11.3 Å². The number of allylic oxidation sites excluding steroid dienone is 2. The summed E-state index contributed by atoms with van der Waals surface area (Å²) in [6.07, 6.45) is 8.35. The summed E-state index contributed by atoms with van der Waals surface area (Å²) in [6, 6.07) is 4.33. The van der Waals surface area contributed by atoms with Crippen LogP contribution in [0.25, 0.3) is 0 Å².